The average Bonchev–Trinajstić information content (AvgIpc) is 3.18. The number of nitrogens with one attached hydrogen (secondary N) is 1. The molecular formula is C21H18ClNO4. The van der Waals surface area contributed by atoms with Crippen LogP contribution in [0.2, 0.25) is 5.02 Å². The van der Waals surface area contributed by atoms with Crippen molar-refractivity contribution in [2.75, 3.05) is 5.32 Å². The Kier molecular flexibility index (Phi) is 5.62. The van der Waals surface area contributed by atoms with Crippen molar-refractivity contribution in [2.45, 2.75) is 20.0 Å². The first-order valence-corrected chi connectivity index (χ1v) is 8.74. The number of carbonyl (C=O) groups excluding carboxylic acids is 2. The van der Waals surface area contributed by atoms with Crippen molar-refractivity contribution in [3.63, 3.8) is 0 Å². The topological polar surface area (TPSA) is 68.5 Å². The fourth-order valence-corrected chi connectivity index (χ4v) is 2.86. The Hall–Kier alpha value is -3.05. The molecule has 2 aromatic carbocycles. The maximum Gasteiger partial charge on any atom is 0.338 e. The Balaban J connectivity index is 1.75. The highest BCUT2D eigenvalue weighted by atomic mass is 35.5. The standard InChI is InChI=1S/C21H18ClNO4/c1-13-9-10-15(12-18(13)23-20(24)19-8-5-11-26-19)21(25)27-14(2)16-6-3-4-7-17(16)22/h3-12,14H,1-2H3,(H,23,24). The van der Waals surface area contributed by atoms with Crippen LogP contribution in [0.15, 0.2) is 65.3 Å². The molecular weight excluding hydrogens is 366 g/mol. The van der Waals surface area contributed by atoms with Gasteiger partial charge in [-0.2, -0.15) is 0 Å². The minimum absolute atomic E-state index is 0.190. The molecule has 27 heavy (non-hydrogen) atoms. The lowest BCUT2D eigenvalue weighted by atomic mass is 10.1. The lowest BCUT2D eigenvalue weighted by molar-refractivity contribution is 0.0338. The molecule has 1 atom stereocenters. The zero-order chi connectivity index (χ0) is 19.4. The van der Waals surface area contributed by atoms with Gasteiger partial charge in [-0.3, -0.25) is 4.79 Å². The number of hydrogen-bond acceptors (Lipinski definition) is 4. The van der Waals surface area contributed by atoms with Crippen LogP contribution in [-0.2, 0) is 4.74 Å². The molecule has 5 nitrogen and oxygen atoms in total. The number of hydrogen-bond donors (Lipinski definition) is 1. The van der Waals surface area contributed by atoms with E-state index < -0.39 is 18.0 Å². The summed E-state index contributed by atoms with van der Waals surface area (Å²) >= 11 is 6.15. The van der Waals surface area contributed by atoms with Crippen LogP contribution < -0.4 is 5.32 Å². The fourth-order valence-electron chi connectivity index (χ4n) is 2.57. The van der Waals surface area contributed by atoms with Gasteiger partial charge < -0.3 is 14.5 Å². The minimum atomic E-state index is -0.506. The summed E-state index contributed by atoms with van der Waals surface area (Å²) < 4.78 is 10.6. The van der Waals surface area contributed by atoms with E-state index in [1.807, 2.05) is 25.1 Å². The normalized spacial score (nSPS) is 11.7. The second kappa shape index (κ2) is 8.10. The SMILES string of the molecule is Cc1ccc(C(=O)OC(C)c2ccccc2Cl)cc1NC(=O)c1ccco1. The average molecular weight is 384 g/mol. The largest absolute Gasteiger partial charge is 0.459 e. The molecule has 0 bridgehead atoms. The van der Waals surface area contributed by atoms with Gasteiger partial charge in [0.25, 0.3) is 5.91 Å². The first kappa shape index (κ1) is 18.7. The van der Waals surface area contributed by atoms with Crippen LogP contribution in [0.3, 0.4) is 0 Å². The highest BCUT2D eigenvalue weighted by molar-refractivity contribution is 6.31. The van der Waals surface area contributed by atoms with Crippen LogP contribution in [0.1, 0.15) is 45.1 Å². The summed E-state index contributed by atoms with van der Waals surface area (Å²) in [6.45, 7) is 3.59. The van der Waals surface area contributed by atoms with Gasteiger partial charge in [0, 0.05) is 16.3 Å². The van der Waals surface area contributed by atoms with E-state index in [-0.39, 0.29) is 5.76 Å². The van der Waals surface area contributed by atoms with Crippen molar-refractivity contribution in [2.24, 2.45) is 0 Å². The summed E-state index contributed by atoms with van der Waals surface area (Å²) in [5, 5.41) is 3.28. The molecule has 0 spiro atoms. The Morgan fingerprint density at radius 1 is 1.11 bits per heavy atom. The molecule has 0 aliphatic heterocycles. The predicted molar refractivity (Wildman–Crippen MR) is 103 cm³/mol. The van der Waals surface area contributed by atoms with Crippen molar-refractivity contribution in [3.8, 4) is 0 Å². The molecule has 3 aromatic rings. The van der Waals surface area contributed by atoms with Crippen molar-refractivity contribution in [3.05, 3.63) is 88.3 Å². The smallest absolute Gasteiger partial charge is 0.338 e. The van der Waals surface area contributed by atoms with E-state index in [0.29, 0.717) is 16.3 Å². The number of esters is 1. The third-order valence-electron chi connectivity index (χ3n) is 4.09. The van der Waals surface area contributed by atoms with Crippen LogP contribution in [0.4, 0.5) is 5.69 Å². The number of anilines is 1. The molecule has 1 amide bonds. The molecule has 6 heteroatoms. The maximum atomic E-state index is 12.5. The number of benzene rings is 2. The Morgan fingerprint density at radius 2 is 1.89 bits per heavy atom. The molecule has 0 saturated carbocycles. The van der Waals surface area contributed by atoms with Gasteiger partial charge in [-0.15, -0.1) is 0 Å². The molecule has 138 valence electrons. The van der Waals surface area contributed by atoms with Crippen molar-refractivity contribution in [1.82, 2.24) is 0 Å². The molecule has 0 saturated heterocycles. The van der Waals surface area contributed by atoms with E-state index in [0.717, 1.165) is 11.1 Å². The number of aryl methyl sites for hydroxylation is 1. The van der Waals surface area contributed by atoms with E-state index in [1.165, 1.54) is 6.26 Å². The summed E-state index contributed by atoms with van der Waals surface area (Å²) in [5.74, 6) is -0.705. The van der Waals surface area contributed by atoms with Gasteiger partial charge in [-0.25, -0.2) is 4.79 Å². The monoisotopic (exact) mass is 383 g/mol. The number of halogens is 1. The predicted octanol–water partition coefficient (Wildman–Crippen LogP) is 5.41. The van der Waals surface area contributed by atoms with Crippen LogP contribution in [0.25, 0.3) is 0 Å². The lowest BCUT2D eigenvalue weighted by Crippen LogP contribution is -2.14. The van der Waals surface area contributed by atoms with E-state index in [4.69, 9.17) is 20.8 Å². The van der Waals surface area contributed by atoms with Crippen molar-refractivity contribution < 1.29 is 18.7 Å². The number of furan rings is 1. The molecule has 0 radical (unpaired) electrons. The molecule has 0 aliphatic carbocycles. The van der Waals surface area contributed by atoms with Gasteiger partial charge in [-0.1, -0.05) is 35.9 Å². The third kappa shape index (κ3) is 4.38. The Labute approximate surface area is 161 Å². The molecule has 1 heterocycles. The first-order chi connectivity index (χ1) is 13.0. The molecule has 0 aliphatic rings. The van der Waals surface area contributed by atoms with Gasteiger partial charge in [0.2, 0.25) is 0 Å². The van der Waals surface area contributed by atoms with Gasteiger partial charge in [0.1, 0.15) is 6.10 Å². The quantitative estimate of drug-likeness (QED) is 0.598. The van der Waals surface area contributed by atoms with Crippen LogP contribution >= 0.6 is 11.6 Å². The van der Waals surface area contributed by atoms with E-state index in [1.54, 1.807) is 43.3 Å². The van der Waals surface area contributed by atoms with E-state index in [9.17, 15) is 9.59 Å². The molecule has 1 unspecified atom stereocenters. The summed E-state index contributed by atoms with van der Waals surface area (Å²) in [6, 6.07) is 15.4. The number of ether oxygens (including phenoxy) is 1. The molecule has 1 aromatic heterocycles. The fraction of sp³-hybridized carbons (Fsp3) is 0.143. The van der Waals surface area contributed by atoms with Gasteiger partial charge >= 0.3 is 5.97 Å². The van der Waals surface area contributed by atoms with Crippen LogP contribution in [0.5, 0.6) is 0 Å². The highest BCUT2D eigenvalue weighted by Gasteiger charge is 2.18. The van der Waals surface area contributed by atoms with Crippen molar-refractivity contribution >= 4 is 29.2 Å². The Morgan fingerprint density at radius 3 is 2.59 bits per heavy atom. The van der Waals surface area contributed by atoms with Crippen molar-refractivity contribution in [1.29, 1.82) is 0 Å². The summed E-state index contributed by atoms with van der Waals surface area (Å²) in [6.07, 6.45) is 0.916. The Bertz CT molecular complexity index is 966. The number of amides is 1. The van der Waals surface area contributed by atoms with Crippen LogP contribution in [0, 0.1) is 6.92 Å². The molecule has 3 rings (SSSR count). The minimum Gasteiger partial charge on any atom is -0.459 e. The van der Waals surface area contributed by atoms with Gasteiger partial charge in [0.05, 0.1) is 11.8 Å². The van der Waals surface area contributed by atoms with Gasteiger partial charge in [-0.05, 0) is 49.7 Å². The summed E-state index contributed by atoms with van der Waals surface area (Å²) in [5.41, 5.74) is 2.38. The van der Waals surface area contributed by atoms with E-state index >= 15 is 0 Å². The van der Waals surface area contributed by atoms with E-state index in [2.05, 4.69) is 5.32 Å². The second-order valence-corrected chi connectivity index (χ2v) is 6.44. The second-order valence-electron chi connectivity index (χ2n) is 6.03. The zero-order valence-corrected chi connectivity index (χ0v) is 15.6. The molecule has 0 fully saturated rings. The third-order valence-corrected chi connectivity index (χ3v) is 4.44. The summed E-state index contributed by atoms with van der Waals surface area (Å²) in [7, 11) is 0. The lowest BCUT2D eigenvalue weighted by Gasteiger charge is -2.16. The number of rotatable bonds is 5. The first-order valence-electron chi connectivity index (χ1n) is 8.36. The summed E-state index contributed by atoms with van der Waals surface area (Å²) in [4.78, 5) is 24.7. The van der Waals surface area contributed by atoms with Gasteiger partial charge in [0.15, 0.2) is 5.76 Å². The highest BCUT2D eigenvalue weighted by Crippen LogP contribution is 2.26. The molecule has 1 N–H and O–H groups in total. The maximum absolute atomic E-state index is 12.5. The van der Waals surface area contributed by atoms with Crippen LogP contribution in [-0.4, -0.2) is 11.9 Å². The zero-order valence-electron chi connectivity index (χ0n) is 14.9. The number of carbonyl (C=O) groups is 2.